The summed E-state index contributed by atoms with van der Waals surface area (Å²) in [5.74, 6) is 0.980. The Morgan fingerprint density at radius 1 is 1.57 bits per heavy atom. The van der Waals surface area contributed by atoms with Gasteiger partial charge in [0, 0.05) is 18.7 Å². The first kappa shape index (κ1) is 11.3. The summed E-state index contributed by atoms with van der Waals surface area (Å²) in [6.45, 7) is 5.58. The second-order valence-electron chi connectivity index (χ2n) is 3.88. The van der Waals surface area contributed by atoms with Gasteiger partial charge in [-0.15, -0.1) is 0 Å². The van der Waals surface area contributed by atoms with Crippen LogP contribution in [0.15, 0.2) is 16.7 Å². The molecule has 80 valence electrons. The van der Waals surface area contributed by atoms with Crippen LogP contribution in [0.2, 0.25) is 0 Å². The Morgan fingerprint density at radius 2 is 2.29 bits per heavy atom. The van der Waals surface area contributed by atoms with Crippen molar-refractivity contribution in [2.45, 2.75) is 32.9 Å². The van der Waals surface area contributed by atoms with E-state index in [1.165, 1.54) is 5.56 Å². The fraction of sp³-hybridized carbons (Fsp3) is 0.636. The number of aryl methyl sites for hydroxylation is 1. The Balaban J connectivity index is 2.34. The Kier molecular flexibility index (Phi) is 4.17. The van der Waals surface area contributed by atoms with E-state index < -0.39 is 0 Å². The highest BCUT2D eigenvalue weighted by atomic mass is 16.3. The number of hydrogen-bond acceptors (Lipinski definition) is 3. The number of nitrogens with zero attached hydrogens (tertiary/aromatic N) is 1. The fourth-order valence-corrected chi connectivity index (χ4v) is 1.35. The molecule has 0 aliphatic rings. The van der Waals surface area contributed by atoms with Gasteiger partial charge in [-0.2, -0.15) is 0 Å². The highest BCUT2D eigenvalue weighted by molar-refractivity contribution is 5.14. The van der Waals surface area contributed by atoms with Gasteiger partial charge in [0.25, 0.3) is 0 Å². The number of aliphatic hydroxyl groups is 1. The van der Waals surface area contributed by atoms with Gasteiger partial charge >= 0.3 is 0 Å². The normalized spacial score (nSPS) is 13.5. The van der Waals surface area contributed by atoms with Crippen molar-refractivity contribution >= 4 is 0 Å². The van der Waals surface area contributed by atoms with E-state index in [2.05, 4.69) is 11.9 Å². The molecule has 0 saturated heterocycles. The minimum absolute atomic E-state index is 0.220. The molecule has 0 bridgehead atoms. The van der Waals surface area contributed by atoms with E-state index in [9.17, 15) is 0 Å². The molecule has 1 aromatic heterocycles. The molecular weight excluding hydrogens is 178 g/mol. The molecule has 1 aromatic rings. The first-order chi connectivity index (χ1) is 6.59. The molecule has 3 nitrogen and oxygen atoms in total. The predicted molar refractivity (Wildman–Crippen MR) is 56.1 cm³/mol. The molecule has 1 heterocycles. The largest absolute Gasteiger partial charge is 0.469 e. The van der Waals surface area contributed by atoms with Crippen molar-refractivity contribution in [1.82, 2.24) is 4.90 Å². The molecule has 1 unspecified atom stereocenters. The fourth-order valence-electron chi connectivity index (χ4n) is 1.35. The zero-order valence-corrected chi connectivity index (χ0v) is 9.16. The third-order valence-electron chi connectivity index (χ3n) is 2.34. The molecule has 1 N–H and O–H groups in total. The van der Waals surface area contributed by atoms with E-state index in [0.717, 1.165) is 25.3 Å². The molecule has 0 aromatic carbocycles. The van der Waals surface area contributed by atoms with Crippen LogP contribution in [0, 0.1) is 6.92 Å². The molecule has 0 aliphatic heterocycles. The van der Waals surface area contributed by atoms with Gasteiger partial charge in [0.15, 0.2) is 0 Å². The topological polar surface area (TPSA) is 36.6 Å². The monoisotopic (exact) mass is 197 g/mol. The van der Waals surface area contributed by atoms with Crippen molar-refractivity contribution in [2.24, 2.45) is 0 Å². The van der Waals surface area contributed by atoms with Crippen LogP contribution in [0.25, 0.3) is 0 Å². The number of aliphatic hydroxyl groups excluding tert-OH is 1. The van der Waals surface area contributed by atoms with Gasteiger partial charge in [0.2, 0.25) is 0 Å². The Morgan fingerprint density at radius 3 is 2.79 bits per heavy atom. The maximum Gasteiger partial charge on any atom is 0.105 e. The predicted octanol–water partition coefficient (Wildman–Crippen LogP) is 1.79. The first-order valence-electron chi connectivity index (χ1n) is 4.99. The summed E-state index contributed by atoms with van der Waals surface area (Å²) in [4.78, 5) is 2.19. The number of hydrogen-bond donors (Lipinski definition) is 1. The van der Waals surface area contributed by atoms with E-state index >= 15 is 0 Å². The third kappa shape index (κ3) is 3.52. The summed E-state index contributed by atoms with van der Waals surface area (Å²) in [7, 11) is 2.05. The zero-order valence-electron chi connectivity index (χ0n) is 9.16. The molecule has 1 rings (SSSR count). The van der Waals surface area contributed by atoms with Crippen LogP contribution in [0.4, 0.5) is 0 Å². The quantitative estimate of drug-likeness (QED) is 0.782. The molecule has 14 heavy (non-hydrogen) atoms. The van der Waals surface area contributed by atoms with Crippen molar-refractivity contribution in [1.29, 1.82) is 0 Å². The average molecular weight is 197 g/mol. The summed E-state index contributed by atoms with van der Waals surface area (Å²) in [6.07, 6.45) is 2.31. The van der Waals surface area contributed by atoms with Gasteiger partial charge in [0.1, 0.15) is 5.76 Å². The van der Waals surface area contributed by atoms with Crippen molar-refractivity contribution in [3.05, 3.63) is 23.7 Å². The number of furan rings is 1. The molecule has 0 saturated carbocycles. The lowest BCUT2D eigenvalue weighted by molar-refractivity contribution is 0.162. The minimum atomic E-state index is -0.220. The van der Waals surface area contributed by atoms with Crippen LogP contribution in [-0.4, -0.2) is 29.7 Å². The highest BCUT2D eigenvalue weighted by Gasteiger charge is 2.06. The molecule has 0 aliphatic carbocycles. The van der Waals surface area contributed by atoms with Crippen LogP contribution in [0.3, 0.4) is 0 Å². The highest BCUT2D eigenvalue weighted by Crippen LogP contribution is 2.11. The van der Waals surface area contributed by atoms with Gasteiger partial charge in [0.05, 0.1) is 12.4 Å². The lowest BCUT2D eigenvalue weighted by atomic mass is 10.2. The molecule has 0 radical (unpaired) electrons. The molecule has 3 heteroatoms. The molecule has 0 fully saturated rings. The second-order valence-corrected chi connectivity index (χ2v) is 3.88. The van der Waals surface area contributed by atoms with Crippen LogP contribution in [0.1, 0.15) is 24.7 Å². The van der Waals surface area contributed by atoms with Crippen molar-refractivity contribution in [3.8, 4) is 0 Å². The minimum Gasteiger partial charge on any atom is -0.469 e. The van der Waals surface area contributed by atoms with Crippen LogP contribution >= 0.6 is 0 Å². The first-order valence-corrected chi connectivity index (χ1v) is 4.99. The summed E-state index contributed by atoms with van der Waals surface area (Å²) in [5, 5.41) is 9.14. The van der Waals surface area contributed by atoms with E-state index in [4.69, 9.17) is 9.52 Å². The zero-order chi connectivity index (χ0) is 10.6. The molecule has 0 amide bonds. The Labute approximate surface area is 85.3 Å². The molecular formula is C11H19NO2. The van der Waals surface area contributed by atoms with Crippen molar-refractivity contribution < 1.29 is 9.52 Å². The maximum atomic E-state index is 9.14. The van der Waals surface area contributed by atoms with Gasteiger partial charge in [-0.3, -0.25) is 0 Å². The van der Waals surface area contributed by atoms with Gasteiger partial charge in [-0.1, -0.05) is 0 Å². The van der Waals surface area contributed by atoms with Gasteiger partial charge < -0.3 is 14.4 Å². The SMILES string of the molecule is Cc1occc1CN(C)CCC(C)O. The summed E-state index contributed by atoms with van der Waals surface area (Å²) < 4.78 is 5.21. The standard InChI is InChI=1S/C11H19NO2/c1-9(13)4-6-12(3)8-11-5-7-14-10(11)2/h5,7,9,13H,4,6,8H2,1-3H3. The maximum absolute atomic E-state index is 9.14. The smallest absolute Gasteiger partial charge is 0.105 e. The van der Waals surface area contributed by atoms with Crippen molar-refractivity contribution in [3.63, 3.8) is 0 Å². The van der Waals surface area contributed by atoms with Crippen molar-refractivity contribution in [2.75, 3.05) is 13.6 Å². The van der Waals surface area contributed by atoms with Crippen LogP contribution in [-0.2, 0) is 6.54 Å². The van der Waals surface area contributed by atoms with E-state index in [-0.39, 0.29) is 6.10 Å². The third-order valence-corrected chi connectivity index (χ3v) is 2.34. The number of rotatable bonds is 5. The molecule has 1 atom stereocenters. The summed E-state index contributed by atoms with van der Waals surface area (Å²) >= 11 is 0. The van der Waals surface area contributed by atoms with Crippen LogP contribution < -0.4 is 0 Å². The lowest BCUT2D eigenvalue weighted by Gasteiger charge is -2.16. The van der Waals surface area contributed by atoms with E-state index in [0.29, 0.717) is 0 Å². The second kappa shape index (κ2) is 5.17. The molecule has 0 spiro atoms. The van der Waals surface area contributed by atoms with Crippen LogP contribution in [0.5, 0.6) is 0 Å². The Bertz CT molecular complexity index is 268. The Hall–Kier alpha value is -0.800. The van der Waals surface area contributed by atoms with Gasteiger partial charge in [-0.05, 0) is 33.4 Å². The lowest BCUT2D eigenvalue weighted by Crippen LogP contribution is -2.22. The van der Waals surface area contributed by atoms with E-state index in [1.54, 1.807) is 6.26 Å². The summed E-state index contributed by atoms with van der Waals surface area (Å²) in [5.41, 5.74) is 1.22. The summed E-state index contributed by atoms with van der Waals surface area (Å²) in [6, 6.07) is 1.99. The average Bonchev–Trinajstić information content (AvgIpc) is 2.49. The van der Waals surface area contributed by atoms with Gasteiger partial charge in [-0.25, -0.2) is 0 Å². The van der Waals surface area contributed by atoms with E-state index in [1.807, 2.05) is 19.9 Å².